The molecule has 2 rings (SSSR count). The zero-order valence-corrected chi connectivity index (χ0v) is 14.6. The van der Waals surface area contributed by atoms with Crippen molar-refractivity contribution in [2.45, 2.75) is 39.9 Å². The van der Waals surface area contributed by atoms with Crippen LogP contribution in [0.1, 0.15) is 31.9 Å². The number of nitrogens with zero attached hydrogens (tertiary/aromatic N) is 2. The Morgan fingerprint density at radius 3 is 1.79 bits per heavy atom. The molecule has 0 N–H and O–H groups in total. The van der Waals surface area contributed by atoms with Crippen molar-refractivity contribution in [2.24, 2.45) is 5.41 Å². The third-order valence-electron chi connectivity index (χ3n) is 4.28. The average molecular weight is 320 g/mol. The molecule has 0 aliphatic heterocycles. The average Bonchev–Trinajstić information content (AvgIpc) is 2.61. The molecule has 0 aliphatic carbocycles. The summed E-state index contributed by atoms with van der Waals surface area (Å²) in [4.78, 5) is 14.9. The van der Waals surface area contributed by atoms with Gasteiger partial charge in [-0.15, -0.1) is 0 Å². The van der Waals surface area contributed by atoms with E-state index in [2.05, 4.69) is 35.2 Å². The van der Waals surface area contributed by atoms with Crippen molar-refractivity contribution < 1.29 is 4.79 Å². The number of ketones is 1. The van der Waals surface area contributed by atoms with Crippen molar-refractivity contribution in [1.82, 2.24) is 4.90 Å². The van der Waals surface area contributed by atoms with Gasteiger partial charge in [-0.1, -0.05) is 60.7 Å². The van der Waals surface area contributed by atoms with Crippen LogP contribution in [0.4, 0.5) is 0 Å². The Hall–Kier alpha value is -2.44. The van der Waals surface area contributed by atoms with Gasteiger partial charge in [0, 0.05) is 13.1 Å². The number of benzene rings is 2. The van der Waals surface area contributed by atoms with Crippen LogP contribution in [0, 0.1) is 16.7 Å². The second kappa shape index (κ2) is 7.90. The van der Waals surface area contributed by atoms with E-state index in [1.807, 2.05) is 43.3 Å². The summed E-state index contributed by atoms with van der Waals surface area (Å²) in [6, 6.07) is 22.0. The van der Waals surface area contributed by atoms with E-state index in [9.17, 15) is 10.1 Å². The van der Waals surface area contributed by atoms with Crippen LogP contribution in [0.3, 0.4) is 0 Å². The van der Waals surface area contributed by atoms with Gasteiger partial charge in [0.15, 0.2) is 5.78 Å². The molecule has 0 fully saturated rings. The predicted molar refractivity (Wildman–Crippen MR) is 96.0 cm³/mol. The summed E-state index contributed by atoms with van der Waals surface area (Å²) in [6.45, 7) is 6.62. The topological polar surface area (TPSA) is 44.1 Å². The molecule has 0 saturated carbocycles. The summed E-state index contributed by atoms with van der Waals surface area (Å²) in [6.07, 6.45) is 0. The molecular weight excluding hydrogens is 296 g/mol. The molecule has 124 valence electrons. The van der Waals surface area contributed by atoms with Gasteiger partial charge in [-0.25, -0.2) is 0 Å². The van der Waals surface area contributed by atoms with Gasteiger partial charge in [0.25, 0.3) is 0 Å². The standard InChI is InChI=1S/C21H24N2O/c1-17(20(24)21(2,3)16-22)23(14-18-10-6-4-7-11-18)15-19-12-8-5-9-13-19/h4-13,17H,14-15H2,1-3H3/t17-/m1/s1. The molecule has 0 aromatic heterocycles. The van der Waals surface area contributed by atoms with Crippen LogP contribution < -0.4 is 0 Å². The molecular formula is C21H24N2O. The highest BCUT2D eigenvalue weighted by molar-refractivity contribution is 5.91. The number of carbonyl (C=O) groups is 1. The lowest BCUT2D eigenvalue weighted by atomic mass is 9.85. The number of rotatable bonds is 7. The van der Waals surface area contributed by atoms with Crippen molar-refractivity contribution in [3.8, 4) is 6.07 Å². The van der Waals surface area contributed by atoms with Gasteiger partial charge in [0.05, 0.1) is 12.1 Å². The van der Waals surface area contributed by atoms with E-state index in [-0.39, 0.29) is 11.8 Å². The highest BCUT2D eigenvalue weighted by atomic mass is 16.1. The highest BCUT2D eigenvalue weighted by Gasteiger charge is 2.34. The van der Waals surface area contributed by atoms with E-state index >= 15 is 0 Å². The first kappa shape index (κ1) is 17.9. The number of carbonyl (C=O) groups excluding carboxylic acids is 1. The van der Waals surface area contributed by atoms with E-state index in [0.29, 0.717) is 13.1 Å². The van der Waals surface area contributed by atoms with Crippen LogP contribution in [0.15, 0.2) is 60.7 Å². The van der Waals surface area contributed by atoms with Crippen LogP contribution in [0.25, 0.3) is 0 Å². The van der Waals surface area contributed by atoms with Crippen molar-refractivity contribution in [1.29, 1.82) is 5.26 Å². The largest absolute Gasteiger partial charge is 0.296 e. The monoisotopic (exact) mass is 320 g/mol. The fourth-order valence-electron chi connectivity index (χ4n) is 2.71. The quantitative estimate of drug-likeness (QED) is 0.768. The minimum absolute atomic E-state index is 0.0446. The fourth-order valence-corrected chi connectivity index (χ4v) is 2.71. The van der Waals surface area contributed by atoms with Gasteiger partial charge in [0.1, 0.15) is 5.41 Å². The second-order valence-electron chi connectivity index (χ2n) is 6.65. The molecule has 0 radical (unpaired) electrons. The number of nitriles is 1. The van der Waals surface area contributed by atoms with E-state index in [1.54, 1.807) is 13.8 Å². The first-order valence-electron chi connectivity index (χ1n) is 8.21. The van der Waals surface area contributed by atoms with Crippen molar-refractivity contribution in [3.63, 3.8) is 0 Å². The molecule has 24 heavy (non-hydrogen) atoms. The molecule has 0 amide bonds. The van der Waals surface area contributed by atoms with Gasteiger partial charge in [0.2, 0.25) is 0 Å². The minimum Gasteiger partial charge on any atom is -0.296 e. The Labute approximate surface area is 144 Å². The first-order valence-corrected chi connectivity index (χ1v) is 8.21. The van der Waals surface area contributed by atoms with Crippen molar-refractivity contribution >= 4 is 5.78 Å². The molecule has 0 aliphatic rings. The lowest BCUT2D eigenvalue weighted by Crippen LogP contribution is -2.43. The molecule has 2 aromatic rings. The SMILES string of the molecule is C[C@H](C(=O)C(C)(C)C#N)N(Cc1ccccc1)Cc1ccccc1. The summed E-state index contributed by atoms with van der Waals surface area (Å²) in [5.74, 6) is -0.0446. The highest BCUT2D eigenvalue weighted by Crippen LogP contribution is 2.22. The Morgan fingerprint density at radius 1 is 1.00 bits per heavy atom. The maximum atomic E-state index is 12.8. The molecule has 3 heteroatoms. The molecule has 2 aromatic carbocycles. The van der Waals surface area contributed by atoms with Gasteiger partial charge in [-0.05, 0) is 31.9 Å². The normalized spacial score (nSPS) is 12.6. The molecule has 0 bridgehead atoms. The Bertz CT molecular complexity index is 660. The summed E-state index contributed by atoms with van der Waals surface area (Å²) in [5, 5.41) is 9.29. The van der Waals surface area contributed by atoms with Gasteiger partial charge < -0.3 is 0 Å². The Balaban J connectivity index is 2.25. The second-order valence-corrected chi connectivity index (χ2v) is 6.65. The minimum atomic E-state index is -0.981. The molecule has 0 saturated heterocycles. The zero-order valence-electron chi connectivity index (χ0n) is 14.6. The van der Waals surface area contributed by atoms with Crippen molar-refractivity contribution in [3.05, 3.63) is 71.8 Å². The van der Waals surface area contributed by atoms with Crippen LogP contribution >= 0.6 is 0 Å². The lowest BCUT2D eigenvalue weighted by molar-refractivity contribution is -0.130. The molecule has 1 atom stereocenters. The van der Waals surface area contributed by atoms with E-state index in [0.717, 1.165) is 11.1 Å². The van der Waals surface area contributed by atoms with Crippen molar-refractivity contribution in [2.75, 3.05) is 0 Å². The summed E-state index contributed by atoms with van der Waals surface area (Å²) < 4.78 is 0. The van der Waals surface area contributed by atoms with Gasteiger partial charge >= 0.3 is 0 Å². The van der Waals surface area contributed by atoms with E-state index in [4.69, 9.17) is 0 Å². The molecule has 0 spiro atoms. The maximum Gasteiger partial charge on any atom is 0.169 e. The predicted octanol–water partition coefficient (Wildman–Crippen LogP) is 4.20. The fraction of sp³-hybridized carbons (Fsp3) is 0.333. The molecule has 3 nitrogen and oxygen atoms in total. The summed E-state index contributed by atoms with van der Waals surface area (Å²) in [7, 11) is 0. The van der Waals surface area contributed by atoms with Crippen LogP contribution in [0.5, 0.6) is 0 Å². The molecule has 0 heterocycles. The van der Waals surface area contributed by atoms with Crippen LogP contribution in [-0.2, 0) is 17.9 Å². The Kier molecular flexibility index (Phi) is 5.89. The Morgan fingerprint density at radius 2 is 1.42 bits per heavy atom. The van der Waals surface area contributed by atoms with Gasteiger partial charge in [-0.2, -0.15) is 5.26 Å². The summed E-state index contributed by atoms with van der Waals surface area (Å²) in [5.41, 5.74) is 1.33. The van der Waals surface area contributed by atoms with Gasteiger partial charge in [-0.3, -0.25) is 9.69 Å². The number of hydrogen-bond donors (Lipinski definition) is 0. The van der Waals surface area contributed by atoms with Crippen LogP contribution in [0.2, 0.25) is 0 Å². The third kappa shape index (κ3) is 4.53. The maximum absolute atomic E-state index is 12.8. The first-order chi connectivity index (χ1) is 11.4. The number of hydrogen-bond acceptors (Lipinski definition) is 3. The van der Waals surface area contributed by atoms with Crippen LogP contribution in [-0.4, -0.2) is 16.7 Å². The lowest BCUT2D eigenvalue weighted by Gasteiger charge is -2.31. The summed E-state index contributed by atoms with van der Waals surface area (Å²) >= 11 is 0. The zero-order chi connectivity index (χ0) is 17.6. The van der Waals surface area contributed by atoms with E-state index < -0.39 is 5.41 Å². The number of Topliss-reactive ketones (excluding diaryl/α,β-unsaturated/α-hetero) is 1. The third-order valence-corrected chi connectivity index (χ3v) is 4.28. The smallest absolute Gasteiger partial charge is 0.169 e. The molecule has 0 unspecified atom stereocenters. The van der Waals surface area contributed by atoms with E-state index in [1.165, 1.54) is 0 Å².